The summed E-state index contributed by atoms with van der Waals surface area (Å²) >= 11 is 0. The summed E-state index contributed by atoms with van der Waals surface area (Å²) in [6.07, 6.45) is 21.8. The van der Waals surface area contributed by atoms with Gasteiger partial charge in [-0.2, -0.15) is 0 Å². The maximum atomic E-state index is 7.06. The molecular formula is C35H58O2Si. The highest BCUT2D eigenvalue weighted by Crippen LogP contribution is 2.20. The number of rotatable bonds is 23. The SMILES string of the molecule is CCCCCCCCCCCCCCCCCO[Si](OC(CC)C(C)C)(c1ccccc1)c1ccccc1. The summed E-state index contributed by atoms with van der Waals surface area (Å²) in [5, 5.41) is 2.43. The minimum atomic E-state index is -2.80. The smallest absolute Gasteiger partial charge is 0.388 e. The second kappa shape index (κ2) is 20.5. The van der Waals surface area contributed by atoms with Crippen molar-refractivity contribution in [3.05, 3.63) is 60.7 Å². The van der Waals surface area contributed by atoms with Gasteiger partial charge >= 0.3 is 8.56 Å². The van der Waals surface area contributed by atoms with Gasteiger partial charge in [0.05, 0.1) is 0 Å². The van der Waals surface area contributed by atoms with E-state index in [-0.39, 0.29) is 6.10 Å². The van der Waals surface area contributed by atoms with Gasteiger partial charge in [0, 0.05) is 12.7 Å². The van der Waals surface area contributed by atoms with Gasteiger partial charge in [0.25, 0.3) is 0 Å². The molecule has 1 unspecified atom stereocenters. The second-order valence-electron chi connectivity index (χ2n) is 11.5. The Labute approximate surface area is 237 Å². The third kappa shape index (κ3) is 12.2. The Bertz CT molecular complexity index is 753. The van der Waals surface area contributed by atoms with Crippen LogP contribution in [0.25, 0.3) is 0 Å². The van der Waals surface area contributed by atoms with Crippen LogP contribution in [0.4, 0.5) is 0 Å². The summed E-state index contributed by atoms with van der Waals surface area (Å²) < 4.78 is 14.0. The van der Waals surface area contributed by atoms with Crippen molar-refractivity contribution in [3.63, 3.8) is 0 Å². The molecule has 0 bridgehead atoms. The van der Waals surface area contributed by atoms with E-state index >= 15 is 0 Å². The van der Waals surface area contributed by atoms with Gasteiger partial charge < -0.3 is 8.85 Å². The molecule has 0 saturated carbocycles. The lowest BCUT2D eigenvalue weighted by Crippen LogP contribution is -2.65. The van der Waals surface area contributed by atoms with E-state index in [2.05, 4.69) is 88.4 Å². The average Bonchev–Trinajstić information content (AvgIpc) is 2.95. The molecule has 2 aromatic rings. The van der Waals surface area contributed by atoms with Crippen LogP contribution in [0.5, 0.6) is 0 Å². The summed E-state index contributed by atoms with van der Waals surface area (Å²) in [5.41, 5.74) is 0. The minimum Gasteiger partial charge on any atom is -0.388 e. The molecule has 2 rings (SSSR count). The molecule has 0 aliphatic carbocycles. The van der Waals surface area contributed by atoms with E-state index in [0.717, 1.165) is 19.4 Å². The van der Waals surface area contributed by atoms with Crippen molar-refractivity contribution in [2.75, 3.05) is 6.61 Å². The average molecular weight is 539 g/mol. The van der Waals surface area contributed by atoms with Gasteiger partial charge in [-0.25, -0.2) is 0 Å². The fourth-order valence-corrected chi connectivity index (χ4v) is 8.98. The zero-order chi connectivity index (χ0) is 27.3. The quantitative estimate of drug-likeness (QED) is 0.104. The summed E-state index contributed by atoms with van der Waals surface area (Å²) in [6, 6.07) is 21.5. The van der Waals surface area contributed by atoms with Crippen molar-refractivity contribution in [2.45, 2.75) is 137 Å². The molecule has 0 aromatic heterocycles. The van der Waals surface area contributed by atoms with Crippen LogP contribution in [-0.2, 0) is 8.85 Å². The maximum Gasteiger partial charge on any atom is 0.407 e. The third-order valence-electron chi connectivity index (χ3n) is 7.82. The molecule has 0 spiro atoms. The summed E-state index contributed by atoms with van der Waals surface area (Å²) in [4.78, 5) is 0. The summed E-state index contributed by atoms with van der Waals surface area (Å²) in [6.45, 7) is 9.82. The molecule has 1 atom stereocenters. The van der Waals surface area contributed by atoms with Gasteiger partial charge in [-0.05, 0) is 29.1 Å². The molecule has 0 fully saturated rings. The Balaban J connectivity index is 1.78. The third-order valence-corrected chi connectivity index (χ3v) is 11.3. The van der Waals surface area contributed by atoms with Crippen LogP contribution in [0.1, 0.15) is 130 Å². The summed E-state index contributed by atoms with van der Waals surface area (Å²) in [7, 11) is -2.80. The normalized spacial score (nSPS) is 12.8. The molecule has 2 nitrogen and oxygen atoms in total. The van der Waals surface area contributed by atoms with Gasteiger partial charge in [0.15, 0.2) is 0 Å². The topological polar surface area (TPSA) is 18.5 Å². The van der Waals surface area contributed by atoms with Gasteiger partial charge in [-0.3, -0.25) is 0 Å². The first-order chi connectivity index (χ1) is 18.6. The Kier molecular flexibility index (Phi) is 17.7. The van der Waals surface area contributed by atoms with E-state index in [0.29, 0.717) is 5.92 Å². The van der Waals surface area contributed by atoms with Gasteiger partial charge in [0.2, 0.25) is 0 Å². The monoisotopic (exact) mass is 538 g/mol. The molecule has 2 aromatic carbocycles. The van der Waals surface area contributed by atoms with Crippen LogP contribution in [-0.4, -0.2) is 21.3 Å². The van der Waals surface area contributed by atoms with Crippen molar-refractivity contribution in [2.24, 2.45) is 5.92 Å². The zero-order valence-electron chi connectivity index (χ0n) is 25.3. The molecule has 0 radical (unpaired) electrons. The number of hydrogen-bond donors (Lipinski definition) is 0. The minimum absolute atomic E-state index is 0.183. The molecule has 214 valence electrons. The maximum absolute atomic E-state index is 7.06. The van der Waals surface area contributed by atoms with E-state index in [1.54, 1.807) is 0 Å². The fraction of sp³-hybridized carbons (Fsp3) is 0.657. The first-order valence-electron chi connectivity index (χ1n) is 16.1. The number of benzene rings is 2. The predicted octanol–water partition coefficient (Wildman–Crippen LogP) is 9.58. The highest BCUT2D eigenvalue weighted by atomic mass is 28.4. The standard InChI is InChI=1S/C35H58O2Si/c1-5-7-8-9-10-11-12-13-14-15-16-17-18-19-26-31-36-38(33-27-22-20-23-28-33,34-29-24-21-25-30-34)37-35(6-2)32(3)4/h20-25,27-30,32,35H,5-19,26,31H2,1-4H3. The van der Waals surface area contributed by atoms with Gasteiger partial charge in [-0.15, -0.1) is 0 Å². The Hall–Kier alpha value is -1.42. The van der Waals surface area contributed by atoms with Gasteiger partial charge in [-0.1, -0.05) is 178 Å². The van der Waals surface area contributed by atoms with Crippen LogP contribution in [0.15, 0.2) is 60.7 Å². The largest absolute Gasteiger partial charge is 0.407 e. The van der Waals surface area contributed by atoms with E-state index in [1.807, 2.05) is 0 Å². The lowest BCUT2D eigenvalue weighted by atomic mass is 10.0. The lowest BCUT2D eigenvalue weighted by molar-refractivity contribution is 0.0936. The Morgan fingerprint density at radius 2 is 0.947 bits per heavy atom. The van der Waals surface area contributed by atoms with Crippen molar-refractivity contribution in [3.8, 4) is 0 Å². The molecule has 0 aliphatic rings. The van der Waals surface area contributed by atoms with Crippen molar-refractivity contribution in [1.29, 1.82) is 0 Å². The summed E-state index contributed by atoms with van der Waals surface area (Å²) in [5.74, 6) is 0.452. The van der Waals surface area contributed by atoms with Crippen molar-refractivity contribution < 1.29 is 8.85 Å². The molecule has 0 aliphatic heterocycles. The second-order valence-corrected chi connectivity index (χ2v) is 14.4. The molecule has 38 heavy (non-hydrogen) atoms. The molecule has 0 heterocycles. The first-order valence-corrected chi connectivity index (χ1v) is 17.9. The van der Waals surface area contributed by atoms with Crippen molar-refractivity contribution >= 4 is 18.9 Å². The van der Waals surface area contributed by atoms with E-state index in [9.17, 15) is 0 Å². The zero-order valence-corrected chi connectivity index (χ0v) is 26.3. The van der Waals surface area contributed by atoms with E-state index < -0.39 is 8.56 Å². The van der Waals surface area contributed by atoms with Crippen LogP contribution in [0.2, 0.25) is 0 Å². The van der Waals surface area contributed by atoms with Crippen LogP contribution in [0.3, 0.4) is 0 Å². The van der Waals surface area contributed by atoms with Gasteiger partial charge in [0.1, 0.15) is 0 Å². The van der Waals surface area contributed by atoms with E-state index in [4.69, 9.17) is 8.85 Å². The predicted molar refractivity (Wildman–Crippen MR) is 169 cm³/mol. The Morgan fingerprint density at radius 3 is 1.32 bits per heavy atom. The number of unbranched alkanes of at least 4 members (excludes halogenated alkanes) is 14. The molecule has 3 heteroatoms. The highest BCUT2D eigenvalue weighted by Gasteiger charge is 2.44. The van der Waals surface area contributed by atoms with Crippen molar-refractivity contribution in [1.82, 2.24) is 0 Å². The van der Waals surface area contributed by atoms with Crippen LogP contribution in [0, 0.1) is 5.92 Å². The number of hydrogen-bond acceptors (Lipinski definition) is 2. The lowest BCUT2D eigenvalue weighted by Gasteiger charge is -2.36. The fourth-order valence-electron chi connectivity index (χ4n) is 5.41. The first kappa shape index (κ1) is 32.8. The highest BCUT2D eigenvalue weighted by molar-refractivity contribution is 6.92. The van der Waals surface area contributed by atoms with E-state index in [1.165, 1.54) is 100 Å². The van der Waals surface area contributed by atoms with Crippen LogP contribution >= 0.6 is 0 Å². The molecule has 0 N–H and O–H groups in total. The molecular weight excluding hydrogens is 480 g/mol. The Morgan fingerprint density at radius 1 is 0.553 bits per heavy atom. The molecule has 0 amide bonds. The van der Waals surface area contributed by atoms with Crippen LogP contribution < -0.4 is 10.4 Å². The molecule has 0 saturated heterocycles.